The molecule has 0 aliphatic heterocycles. The van der Waals surface area contributed by atoms with E-state index in [1.807, 2.05) is 0 Å². The lowest BCUT2D eigenvalue weighted by Crippen LogP contribution is -2.46. The molecule has 190 valence electrons. The van der Waals surface area contributed by atoms with E-state index in [-0.39, 0.29) is 19.6 Å². The average Bonchev–Trinajstić information content (AvgIpc) is 2.76. The summed E-state index contributed by atoms with van der Waals surface area (Å²) in [6.07, 6.45) is -2.90. The molecule has 1 aromatic carbocycles. The van der Waals surface area contributed by atoms with Gasteiger partial charge in [0.25, 0.3) is 0 Å². The van der Waals surface area contributed by atoms with E-state index in [1.54, 1.807) is 6.92 Å². The molecule has 0 heterocycles. The number of alkyl halides is 3. The van der Waals surface area contributed by atoms with Crippen LogP contribution in [0.5, 0.6) is 0 Å². The minimum Gasteiger partial charge on any atom is -0.465 e. The van der Waals surface area contributed by atoms with Gasteiger partial charge in [-0.15, -0.1) is 0 Å². The molecule has 0 saturated heterocycles. The molecule has 1 aromatic rings. The number of nitrogens with zero attached hydrogens (tertiary/aromatic N) is 1. The summed E-state index contributed by atoms with van der Waals surface area (Å²) in [5.74, 6) is -1.93. The zero-order valence-electron chi connectivity index (χ0n) is 18.6. The highest BCUT2D eigenvalue weighted by Crippen LogP contribution is 2.33. The molecule has 2 unspecified atom stereocenters. The molecule has 34 heavy (non-hydrogen) atoms. The summed E-state index contributed by atoms with van der Waals surface area (Å²) in [6, 6.07) is 0.542. The van der Waals surface area contributed by atoms with Crippen molar-refractivity contribution in [3.05, 3.63) is 23.8 Å². The van der Waals surface area contributed by atoms with Gasteiger partial charge in [-0.25, -0.2) is 21.6 Å². The van der Waals surface area contributed by atoms with Gasteiger partial charge in [-0.05, 0) is 44.4 Å². The van der Waals surface area contributed by atoms with Gasteiger partial charge in [-0.3, -0.25) is 9.79 Å². The van der Waals surface area contributed by atoms with Crippen LogP contribution in [0.3, 0.4) is 0 Å². The second-order valence-corrected chi connectivity index (χ2v) is 11.5. The minimum atomic E-state index is -4.97. The van der Waals surface area contributed by atoms with E-state index in [4.69, 9.17) is 10.1 Å². The Hall–Kier alpha value is -2.32. The minimum absolute atomic E-state index is 0.160. The van der Waals surface area contributed by atoms with Crippen molar-refractivity contribution in [2.45, 2.75) is 55.1 Å². The summed E-state index contributed by atoms with van der Waals surface area (Å²) in [7, 11) is -8.74. The number of benzene rings is 1. The van der Waals surface area contributed by atoms with Crippen molar-refractivity contribution in [2.24, 2.45) is 10.9 Å². The monoisotopic (exact) mass is 525 g/mol. The molecule has 2 N–H and O–H groups in total. The Labute approximate surface area is 196 Å². The highest BCUT2D eigenvalue weighted by molar-refractivity contribution is 7.91. The molecular weight excluding hydrogens is 499 g/mol. The van der Waals surface area contributed by atoms with Gasteiger partial charge in [-0.1, -0.05) is 6.92 Å². The van der Waals surface area contributed by atoms with Crippen LogP contribution in [0.4, 0.5) is 13.2 Å². The SMILES string of the molecule is CCOC(=O)CN=C1CCCC(NS(=O)(=O)c2cc(C(F)(F)F)cc(S(=O)(=O)CC)c2)C1C=N. The molecule has 1 fully saturated rings. The first-order valence-corrected chi connectivity index (χ1v) is 13.6. The highest BCUT2D eigenvalue weighted by atomic mass is 32.2. The fourth-order valence-electron chi connectivity index (χ4n) is 3.49. The van der Waals surface area contributed by atoms with Crippen LogP contribution >= 0.6 is 0 Å². The van der Waals surface area contributed by atoms with Crippen LogP contribution in [0, 0.1) is 11.3 Å². The number of sulfone groups is 1. The number of ether oxygens (including phenoxy) is 1. The first-order chi connectivity index (χ1) is 15.7. The van der Waals surface area contributed by atoms with Gasteiger partial charge >= 0.3 is 12.1 Å². The maximum absolute atomic E-state index is 13.4. The van der Waals surface area contributed by atoms with Crippen LogP contribution in [0.25, 0.3) is 0 Å². The normalized spacial score (nSPS) is 20.8. The van der Waals surface area contributed by atoms with Gasteiger partial charge in [0.05, 0.1) is 27.7 Å². The van der Waals surface area contributed by atoms with E-state index in [0.29, 0.717) is 36.8 Å². The summed E-state index contributed by atoms with van der Waals surface area (Å²) in [5.41, 5.74) is -1.02. The topological polar surface area (TPSA) is 143 Å². The maximum atomic E-state index is 13.4. The quantitative estimate of drug-likeness (QED) is 0.375. The number of aliphatic imine (C=N–C) groups is 1. The Kier molecular flexibility index (Phi) is 8.99. The van der Waals surface area contributed by atoms with Crippen molar-refractivity contribution in [3.8, 4) is 0 Å². The van der Waals surface area contributed by atoms with Gasteiger partial charge in [0, 0.05) is 23.9 Å². The number of hydrogen-bond acceptors (Lipinski definition) is 8. The maximum Gasteiger partial charge on any atom is 0.416 e. The zero-order valence-corrected chi connectivity index (χ0v) is 20.2. The average molecular weight is 526 g/mol. The second kappa shape index (κ2) is 11.0. The summed E-state index contributed by atoms with van der Waals surface area (Å²) >= 11 is 0. The first kappa shape index (κ1) is 27.9. The fourth-order valence-corrected chi connectivity index (χ4v) is 5.87. The Morgan fingerprint density at radius 2 is 1.85 bits per heavy atom. The van der Waals surface area contributed by atoms with E-state index < -0.39 is 65.1 Å². The second-order valence-electron chi connectivity index (χ2n) is 7.52. The van der Waals surface area contributed by atoms with Crippen molar-refractivity contribution >= 4 is 37.8 Å². The van der Waals surface area contributed by atoms with Crippen LogP contribution in [0.2, 0.25) is 0 Å². The summed E-state index contributed by atoms with van der Waals surface area (Å²) < 4.78 is 97.6. The molecule has 0 aromatic heterocycles. The standard InChI is InChI=1S/C20H26F3N3O6S2/c1-3-32-19(27)12-25-17-6-5-7-18(16(17)11-24)26-34(30,31)15-9-13(20(21,22)23)8-14(10-15)33(28,29)4-2/h8-11,16,18,24,26H,3-7,12H2,1-2H3. The van der Waals surface area contributed by atoms with Crippen molar-refractivity contribution in [1.82, 2.24) is 4.72 Å². The van der Waals surface area contributed by atoms with E-state index in [1.165, 1.54) is 6.92 Å². The van der Waals surface area contributed by atoms with Crippen molar-refractivity contribution in [2.75, 3.05) is 18.9 Å². The predicted octanol–water partition coefficient (Wildman–Crippen LogP) is 2.60. The largest absolute Gasteiger partial charge is 0.465 e. The zero-order chi connectivity index (χ0) is 25.7. The van der Waals surface area contributed by atoms with Crippen LogP contribution in [0.1, 0.15) is 38.7 Å². The lowest BCUT2D eigenvalue weighted by molar-refractivity contribution is -0.141. The number of esters is 1. The summed E-state index contributed by atoms with van der Waals surface area (Å²) in [5, 5.41) is 7.71. The molecule has 1 saturated carbocycles. The van der Waals surface area contributed by atoms with Gasteiger partial charge in [0.2, 0.25) is 10.0 Å². The van der Waals surface area contributed by atoms with Crippen molar-refractivity contribution in [3.63, 3.8) is 0 Å². The number of halogens is 3. The van der Waals surface area contributed by atoms with Crippen LogP contribution < -0.4 is 4.72 Å². The Morgan fingerprint density at radius 1 is 1.21 bits per heavy atom. The van der Waals surface area contributed by atoms with Crippen molar-refractivity contribution in [1.29, 1.82) is 5.41 Å². The van der Waals surface area contributed by atoms with Gasteiger partial charge in [-0.2, -0.15) is 13.2 Å². The summed E-state index contributed by atoms with van der Waals surface area (Å²) in [4.78, 5) is 14.1. The molecule has 1 aliphatic carbocycles. The molecule has 0 bridgehead atoms. The third-order valence-corrected chi connectivity index (χ3v) is 8.41. The summed E-state index contributed by atoms with van der Waals surface area (Å²) in [6.45, 7) is 2.71. The Bertz CT molecular complexity index is 1160. The molecule has 0 radical (unpaired) electrons. The highest BCUT2D eigenvalue weighted by Gasteiger charge is 2.36. The van der Waals surface area contributed by atoms with E-state index in [9.17, 15) is 34.8 Å². The number of carbonyl (C=O) groups excluding carboxylic acids is 1. The Balaban J connectivity index is 2.42. The molecular formula is C20H26F3N3O6S2. The van der Waals surface area contributed by atoms with Gasteiger partial charge in [0.15, 0.2) is 9.84 Å². The van der Waals surface area contributed by atoms with Gasteiger partial charge < -0.3 is 10.1 Å². The third-order valence-electron chi connectivity index (χ3n) is 5.23. The molecule has 14 heteroatoms. The number of hydrogen-bond donors (Lipinski definition) is 2. The predicted molar refractivity (Wildman–Crippen MR) is 118 cm³/mol. The Morgan fingerprint density at radius 3 is 2.41 bits per heavy atom. The third kappa shape index (κ3) is 6.85. The van der Waals surface area contributed by atoms with Crippen molar-refractivity contribution < 1.29 is 39.5 Å². The van der Waals surface area contributed by atoms with Crippen LogP contribution in [-0.2, 0) is 35.6 Å². The van der Waals surface area contributed by atoms with E-state index in [2.05, 4.69) is 9.71 Å². The smallest absolute Gasteiger partial charge is 0.416 e. The molecule has 2 atom stereocenters. The molecule has 9 nitrogen and oxygen atoms in total. The first-order valence-electron chi connectivity index (χ1n) is 10.4. The fraction of sp³-hybridized carbons (Fsp3) is 0.550. The van der Waals surface area contributed by atoms with E-state index in [0.717, 1.165) is 6.21 Å². The van der Waals surface area contributed by atoms with E-state index >= 15 is 0 Å². The number of carbonyl (C=O) groups is 1. The van der Waals surface area contributed by atoms with Crippen LogP contribution in [-0.4, -0.2) is 59.7 Å². The number of rotatable bonds is 9. The molecule has 0 spiro atoms. The lowest BCUT2D eigenvalue weighted by atomic mass is 9.84. The van der Waals surface area contributed by atoms with Gasteiger partial charge in [0.1, 0.15) is 6.54 Å². The molecule has 1 aliphatic rings. The lowest BCUT2D eigenvalue weighted by Gasteiger charge is -2.31. The molecule has 2 rings (SSSR count). The van der Waals surface area contributed by atoms with Crippen LogP contribution in [0.15, 0.2) is 33.0 Å². The number of nitrogens with one attached hydrogen (secondary N) is 2. The number of sulfonamides is 1. The molecule has 0 amide bonds.